The average molecular weight is 271 g/mol. The predicted octanol–water partition coefficient (Wildman–Crippen LogP) is 1.33. The summed E-state index contributed by atoms with van der Waals surface area (Å²) in [5, 5.41) is 13.6. The van der Waals surface area contributed by atoms with Crippen LogP contribution < -0.4 is 5.32 Å². The summed E-state index contributed by atoms with van der Waals surface area (Å²) in [5.41, 5.74) is 1.90. The van der Waals surface area contributed by atoms with E-state index in [-0.39, 0.29) is 5.91 Å². The summed E-state index contributed by atoms with van der Waals surface area (Å²) in [6, 6.07) is 7.07. The van der Waals surface area contributed by atoms with Gasteiger partial charge in [-0.15, -0.1) is 0 Å². The average Bonchev–Trinajstić information content (AvgIpc) is 3.17. The number of amides is 1. The first-order chi connectivity index (χ1) is 9.74. The lowest BCUT2D eigenvalue weighted by Crippen LogP contribution is -2.24. The molecule has 0 aliphatic carbocycles. The van der Waals surface area contributed by atoms with Gasteiger partial charge in [0.2, 0.25) is 0 Å². The number of carbonyl (C=O) groups excluding carboxylic acids is 1. The summed E-state index contributed by atoms with van der Waals surface area (Å²) < 4.78 is 6.94. The van der Waals surface area contributed by atoms with Crippen LogP contribution in [0, 0.1) is 0 Å². The van der Waals surface area contributed by atoms with E-state index < -0.39 is 0 Å². The van der Waals surface area contributed by atoms with Crippen molar-refractivity contribution >= 4 is 5.91 Å². The van der Waals surface area contributed by atoms with Gasteiger partial charge in [0.05, 0.1) is 18.5 Å². The number of hydrogen-bond donors (Lipinski definition) is 2. The molecule has 3 aromatic rings. The van der Waals surface area contributed by atoms with Gasteiger partial charge in [0.15, 0.2) is 11.5 Å². The first-order valence-corrected chi connectivity index (χ1v) is 6.08. The minimum Gasteiger partial charge on any atom is -0.463 e. The van der Waals surface area contributed by atoms with Gasteiger partial charge < -0.3 is 9.73 Å². The van der Waals surface area contributed by atoms with E-state index in [2.05, 4.69) is 20.6 Å². The molecule has 0 aliphatic heterocycles. The normalized spacial score (nSPS) is 10.7. The van der Waals surface area contributed by atoms with Crippen molar-refractivity contribution < 1.29 is 9.21 Å². The van der Waals surface area contributed by atoms with E-state index in [0.717, 1.165) is 5.69 Å². The molecule has 0 bridgehead atoms. The molecule has 3 heterocycles. The molecule has 20 heavy (non-hydrogen) atoms. The Bertz CT molecular complexity index is 711. The van der Waals surface area contributed by atoms with Crippen LogP contribution in [0.5, 0.6) is 0 Å². The predicted molar refractivity (Wildman–Crippen MR) is 70.7 cm³/mol. The third kappa shape index (κ3) is 2.33. The molecular weight excluding hydrogens is 258 g/mol. The molecule has 0 aliphatic rings. The molecule has 0 spiro atoms. The fourth-order valence-electron chi connectivity index (χ4n) is 1.83. The highest BCUT2D eigenvalue weighted by Gasteiger charge is 2.12. The van der Waals surface area contributed by atoms with Crippen LogP contribution in [0.4, 0.5) is 0 Å². The van der Waals surface area contributed by atoms with Gasteiger partial charge in [-0.05, 0) is 18.2 Å². The van der Waals surface area contributed by atoms with Crippen molar-refractivity contribution in [2.75, 3.05) is 0 Å². The minimum atomic E-state index is -0.250. The first kappa shape index (κ1) is 12.2. The molecule has 1 amide bonds. The van der Waals surface area contributed by atoms with Crippen LogP contribution in [0.2, 0.25) is 0 Å². The van der Waals surface area contributed by atoms with Crippen LogP contribution in [0.1, 0.15) is 16.2 Å². The number of aryl methyl sites for hydroxylation is 1. The third-order valence-corrected chi connectivity index (χ3v) is 2.95. The number of nitrogens with one attached hydrogen (secondary N) is 2. The molecule has 7 nitrogen and oxygen atoms in total. The zero-order valence-electron chi connectivity index (χ0n) is 10.8. The van der Waals surface area contributed by atoms with Crippen LogP contribution in [-0.4, -0.2) is 25.9 Å². The smallest absolute Gasteiger partial charge is 0.272 e. The maximum absolute atomic E-state index is 12.0. The molecule has 0 radical (unpaired) electrons. The van der Waals surface area contributed by atoms with Gasteiger partial charge in [-0.2, -0.15) is 10.2 Å². The largest absolute Gasteiger partial charge is 0.463 e. The van der Waals surface area contributed by atoms with Crippen molar-refractivity contribution in [3.63, 3.8) is 0 Å². The number of rotatable bonds is 4. The Morgan fingerprint density at radius 1 is 1.50 bits per heavy atom. The highest BCUT2D eigenvalue weighted by atomic mass is 16.3. The van der Waals surface area contributed by atoms with E-state index in [4.69, 9.17) is 4.42 Å². The van der Waals surface area contributed by atoms with Crippen molar-refractivity contribution in [3.8, 4) is 11.5 Å². The quantitative estimate of drug-likeness (QED) is 0.749. The molecule has 2 N–H and O–H groups in total. The van der Waals surface area contributed by atoms with Crippen molar-refractivity contribution in [2.45, 2.75) is 6.54 Å². The number of furan rings is 1. The Morgan fingerprint density at radius 3 is 3.10 bits per heavy atom. The molecule has 3 rings (SSSR count). The number of aromatic amines is 1. The Kier molecular flexibility index (Phi) is 3.08. The van der Waals surface area contributed by atoms with Crippen LogP contribution in [-0.2, 0) is 13.6 Å². The van der Waals surface area contributed by atoms with Gasteiger partial charge in [0.25, 0.3) is 5.91 Å². The monoisotopic (exact) mass is 271 g/mol. The van der Waals surface area contributed by atoms with E-state index in [9.17, 15) is 4.79 Å². The number of nitrogens with zero attached hydrogens (tertiary/aromatic N) is 3. The maximum atomic E-state index is 12.0. The molecule has 0 aromatic carbocycles. The Morgan fingerprint density at radius 2 is 2.40 bits per heavy atom. The van der Waals surface area contributed by atoms with E-state index in [0.29, 0.717) is 23.7 Å². The minimum absolute atomic E-state index is 0.250. The summed E-state index contributed by atoms with van der Waals surface area (Å²) in [5.74, 6) is 0.392. The third-order valence-electron chi connectivity index (χ3n) is 2.95. The number of hydrogen-bond acceptors (Lipinski definition) is 4. The molecular formula is C13H13N5O2. The fraction of sp³-hybridized carbons (Fsp3) is 0.154. The second-order valence-electron chi connectivity index (χ2n) is 4.27. The maximum Gasteiger partial charge on any atom is 0.272 e. The summed E-state index contributed by atoms with van der Waals surface area (Å²) in [6.07, 6.45) is 3.25. The molecule has 0 saturated carbocycles. The topological polar surface area (TPSA) is 88.7 Å². The summed E-state index contributed by atoms with van der Waals surface area (Å²) in [4.78, 5) is 12.0. The van der Waals surface area contributed by atoms with E-state index in [1.807, 2.05) is 13.1 Å². The Hall–Kier alpha value is -2.83. The van der Waals surface area contributed by atoms with Crippen molar-refractivity contribution in [2.24, 2.45) is 7.05 Å². The van der Waals surface area contributed by atoms with Crippen LogP contribution in [0.15, 0.2) is 41.1 Å². The lowest BCUT2D eigenvalue weighted by molar-refractivity contribution is 0.0945. The van der Waals surface area contributed by atoms with Crippen molar-refractivity contribution in [1.29, 1.82) is 0 Å². The molecule has 0 fully saturated rings. The molecule has 7 heteroatoms. The van der Waals surface area contributed by atoms with Gasteiger partial charge in [-0.25, -0.2) is 0 Å². The van der Waals surface area contributed by atoms with Gasteiger partial charge in [-0.1, -0.05) is 0 Å². The molecule has 0 unspecified atom stereocenters. The van der Waals surface area contributed by atoms with E-state index >= 15 is 0 Å². The second kappa shape index (κ2) is 5.04. The number of carbonyl (C=O) groups is 1. The first-order valence-electron chi connectivity index (χ1n) is 6.08. The fourth-order valence-corrected chi connectivity index (χ4v) is 1.83. The standard InChI is InChI=1S/C13H13N5O2/c1-18-9(4-5-15-18)8-14-13(19)11-7-10(16-17-11)12-3-2-6-20-12/h2-7H,8H2,1H3,(H,14,19)(H,16,17). The van der Waals surface area contributed by atoms with Crippen molar-refractivity contribution in [1.82, 2.24) is 25.3 Å². The Labute approximate surface area is 114 Å². The Balaban J connectivity index is 1.67. The van der Waals surface area contributed by atoms with Crippen LogP contribution in [0.3, 0.4) is 0 Å². The SMILES string of the molecule is Cn1nccc1CNC(=O)c1cc(-c2ccco2)[nH]n1. The van der Waals surface area contributed by atoms with Gasteiger partial charge in [0, 0.05) is 19.3 Å². The highest BCUT2D eigenvalue weighted by Crippen LogP contribution is 2.17. The zero-order chi connectivity index (χ0) is 13.9. The molecule has 102 valence electrons. The lowest BCUT2D eigenvalue weighted by atomic mass is 10.3. The number of aromatic nitrogens is 4. The van der Waals surface area contributed by atoms with Crippen molar-refractivity contribution in [3.05, 3.63) is 48.1 Å². The van der Waals surface area contributed by atoms with E-state index in [1.165, 1.54) is 0 Å². The summed E-state index contributed by atoms with van der Waals surface area (Å²) in [7, 11) is 1.82. The lowest BCUT2D eigenvalue weighted by Gasteiger charge is -2.03. The second-order valence-corrected chi connectivity index (χ2v) is 4.27. The van der Waals surface area contributed by atoms with Crippen LogP contribution in [0.25, 0.3) is 11.5 Å². The number of H-pyrrole nitrogens is 1. The molecule has 3 aromatic heterocycles. The van der Waals surface area contributed by atoms with Gasteiger partial charge >= 0.3 is 0 Å². The van der Waals surface area contributed by atoms with Crippen LogP contribution >= 0.6 is 0 Å². The zero-order valence-corrected chi connectivity index (χ0v) is 10.8. The summed E-state index contributed by atoms with van der Waals surface area (Å²) >= 11 is 0. The molecule has 0 atom stereocenters. The van der Waals surface area contributed by atoms with E-state index in [1.54, 1.807) is 35.3 Å². The van der Waals surface area contributed by atoms with Gasteiger partial charge in [-0.3, -0.25) is 14.6 Å². The highest BCUT2D eigenvalue weighted by molar-refractivity contribution is 5.93. The summed E-state index contributed by atoms with van der Waals surface area (Å²) in [6.45, 7) is 0.401. The van der Waals surface area contributed by atoms with Gasteiger partial charge in [0.1, 0.15) is 5.69 Å². The molecule has 0 saturated heterocycles.